The SMILES string of the molecule is CCN(c1cc(CCl)c(Cl)cn1)C1CCCCC1. The first kappa shape index (κ1) is 14.0. The van der Waals surface area contributed by atoms with Gasteiger partial charge in [-0.15, -0.1) is 11.6 Å². The van der Waals surface area contributed by atoms with Gasteiger partial charge in [0.15, 0.2) is 0 Å². The number of anilines is 1. The van der Waals surface area contributed by atoms with Crippen molar-refractivity contribution < 1.29 is 0 Å². The van der Waals surface area contributed by atoms with Crippen molar-refractivity contribution in [1.29, 1.82) is 0 Å². The number of halogens is 2. The van der Waals surface area contributed by atoms with Crippen molar-refractivity contribution >= 4 is 29.0 Å². The van der Waals surface area contributed by atoms with Crippen LogP contribution < -0.4 is 4.90 Å². The van der Waals surface area contributed by atoms with Gasteiger partial charge in [0.05, 0.1) is 5.02 Å². The van der Waals surface area contributed by atoms with Crippen molar-refractivity contribution in [3.8, 4) is 0 Å². The summed E-state index contributed by atoms with van der Waals surface area (Å²) in [6, 6.07) is 2.66. The third kappa shape index (κ3) is 3.10. The minimum absolute atomic E-state index is 0.441. The largest absolute Gasteiger partial charge is 0.354 e. The van der Waals surface area contributed by atoms with E-state index in [1.54, 1.807) is 6.20 Å². The quantitative estimate of drug-likeness (QED) is 0.750. The van der Waals surface area contributed by atoms with E-state index in [1.807, 2.05) is 6.07 Å². The Kier molecular flexibility index (Phi) is 5.13. The molecule has 2 rings (SSSR count). The topological polar surface area (TPSA) is 16.1 Å². The second kappa shape index (κ2) is 6.63. The highest BCUT2D eigenvalue weighted by atomic mass is 35.5. The van der Waals surface area contributed by atoms with Gasteiger partial charge in [0.25, 0.3) is 0 Å². The summed E-state index contributed by atoms with van der Waals surface area (Å²) in [5.74, 6) is 1.46. The Morgan fingerprint density at radius 2 is 2.06 bits per heavy atom. The van der Waals surface area contributed by atoms with E-state index in [0.29, 0.717) is 16.9 Å². The van der Waals surface area contributed by atoms with Crippen molar-refractivity contribution in [3.63, 3.8) is 0 Å². The molecular weight excluding hydrogens is 267 g/mol. The monoisotopic (exact) mass is 286 g/mol. The molecule has 0 aliphatic heterocycles. The molecule has 1 fully saturated rings. The molecule has 1 aromatic heterocycles. The van der Waals surface area contributed by atoms with Crippen LogP contribution in [0.3, 0.4) is 0 Å². The van der Waals surface area contributed by atoms with Gasteiger partial charge in [-0.05, 0) is 31.4 Å². The van der Waals surface area contributed by atoms with Gasteiger partial charge in [0.2, 0.25) is 0 Å². The third-order valence-electron chi connectivity index (χ3n) is 3.71. The molecule has 2 nitrogen and oxygen atoms in total. The van der Waals surface area contributed by atoms with Crippen LogP contribution >= 0.6 is 23.2 Å². The lowest BCUT2D eigenvalue weighted by atomic mass is 9.94. The van der Waals surface area contributed by atoms with Gasteiger partial charge in [-0.1, -0.05) is 30.9 Å². The molecule has 0 radical (unpaired) electrons. The van der Waals surface area contributed by atoms with Gasteiger partial charge in [0.1, 0.15) is 5.82 Å². The zero-order valence-electron chi connectivity index (χ0n) is 10.8. The predicted molar refractivity (Wildman–Crippen MR) is 78.7 cm³/mol. The van der Waals surface area contributed by atoms with Crippen molar-refractivity contribution in [1.82, 2.24) is 4.98 Å². The minimum atomic E-state index is 0.441. The summed E-state index contributed by atoms with van der Waals surface area (Å²) in [4.78, 5) is 6.86. The van der Waals surface area contributed by atoms with Gasteiger partial charge in [-0.3, -0.25) is 0 Å². The number of pyridine rings is 1. The minimum Gasteiger partial charge on any atom is -0.354 e. The fourth-order valence-corrected chi connectivity index (χ4v) is 3.19. The molecule has 1 heterocycles. The van der Waals surface area contributed by atoms with Crippen LogP contribution in [0.25, 0.3) is 0 Å². The van der Waals surface area contributed by atoms with Crippen molar-refractivity contribution in [2.45, 2.75) is 50.9 Å². The highest BCUT2D eigenvalue weighted by Gasteiger charge is 2.21. The van der Waals surface area contributed by atoms with Crippen LogP contribution in [-0.2, 0) is 5.88 Å². The van der Waals surface area contributed by atoms with Crippen molar-refractivity contribution in [2.75, 3.05) is 11.4 Å². The van der Waals surface area contributed by atoms with Crippen molar-refractivity contribution in [2.24, 2.45) is 0 Å². The maximum Gasteiger partial charge on any atom is 0.129 e. The highest BCUT2D eigenvalue weighted by Crippen LogP contribution is 2.28. The summed E-state index contributed by atoms with van der Waals surface area (Å²) in [6.07, 6.45) is 8.30. The molecule has 0 bridgehead atoms. The summed E-state index contributed by atoms with van der Waals surface area (Å²) in [5.41, 5.74) is 0.970. The fraction of sp³-hybridized carbons (Fsp3) is 0.643. The molecule has 0 saturated heterocycles. The van der Waals surface area contributed by atoms with Gasteiger partial charge in [0, 0.05) is 24.7 Å². The van der Waals surface area contributed by atoms with Crippen LogP contribution in [-0.4, -0.2) is 17.6 Å². The predicted octanol–water partition coefficient (Wildman–Crippen LogP) is 4.63. The Morgan fingerprint density at radius 3 is 2.67 bits per heavy atom. The summed E-state index contributed by atoms with van der Waals surface area (Å²) in [6.45, 7) is 3.17. The van der Waals surface area contributed by atoms with Crippen LogP contribution in [0.15, 0.2) is 12.3 Å². The highest BCUT2D eigenvalue weighted by molar-refractivity contribution is 6.32. The number of rotatable bonds is 4. The van der Waals surface area contributed by atoms with Gasteiger partial charge >= 0.3 is 0 Å². The zero-order valence-corrected chi connectivity index (χ0v) is 12.3. The molecule has 1 aliphatic carbocycles. The Labute approximate surface area is 119 Å². The normalized spacial score (nSPS) is 16.8. The number of aromatic nitrogens is 1. The first-order valence-electron chi connectivity index (χ1n) is 6.73. The summed E-state index contributed by atoms with van der Waals surface area (Å²) >= 11 is 12.0. The van der Waals surface area contributed by atoms with E-state index >= 15 is 0 Å². The average Bonchev–Trinajstić information content (AvgIpc) is 2.42. The molecule has 0 spiro atoms. The average molecular weight is 287 g/mol. The molecule has 0 aromatic carbocycles. The van der Waals surface area contributed by atoms with Crippen LogP contribution in [0.1, 0.15) is 44.6 Å². The lowest BCUT2D eigenvalue weighted by Gasteiger charge is -2.34. The molecule has 1 saturated carbocycles. The van der Waals surface area contributed by atoms with Crippen LogP contribution in [0.4, 0.5) is 5.82 Å². The van der Waals surface area contributed by atoms with E-state index in [2.05, 4.69) is 16.8 Å². The first-order chi connectivity index (χ1) is 8.76. The van der Waals surface area contributed by atoms with E-state index in [1.165, 1.54) is 32.1 Å². The Hall–Kier alpha value is -0.470. The Bertz CT molecular complexity index is 389. The maximum absolute atomic E-state index is 6.06. The van der Waals surface area contributed by atoms with Gasteiger partial charge in [-0.2, -0.15) is 0 Å². The molecule has 0 atom stereocenters. The van der Waals surface area contributed by atoms with E-state index in [4.69, 9.17) is 23.2 Å². The number of hydrogen-bond acceptors (Lipinski definition) is 2. The van der Waals surface area contributed by atoms with Crippen molar-refractivity contribution in [3.05, 3.63) is 22.8 Å². The van der Waals surface area contributed by atoms with Crippen LogP contribution in [0.5, 0.6) is 0 Å². The molecule has 0 unspecified atom stereocenters. The third-order valence-corrected chi connectivity index (χ3v) is 4.34. The summed E-state index contributed by atoms with van der Waals surface area (Å²) in [7, 11) is 0. The molecule has 0 N–H and O–H groups in total. The molecule has 0 amide bonds. The number of hydrogen-bond donors (Lipinski definition) is 0. The number of alkyl halides is 1. The fourth-order valence-electron chi connectivity index (χ4n) is 2.73. The lowest BCUT2D eigenvalue weighted by molar-refractivity contribution is 0.416. The summed E-state index contributed by atoms with van der Waals surface area (Å²) < 4.78 is 0. The van der Waals surface area contributed by atoms with Gasteiger partial charge in [-0.25, -0.2) is 4.98 Å². The number of nitrogens with zero attached hydrogens (tertiary/aromatic N) is 2. The first-order valence-corrected chi connectivity index (χ1v) is 7.64. The van der Waals surface area contributed by atoms with Gasteiger partial charge < -0.3 is 4.90 Å². The molecular formula is C14H20Cl2N2. The molecule has 1 aromatic rings. The molecule has 4 heteroatoms. The molecule has 1 aliphatic rings. The second-order valence-electron chi connectivity index (χ2n) is 4.85. The maximum atomic E-state index is 6.06. The Morgan fingerprint density at radius 1 is 1.33 bits per heavy atom. The van der Waals surface area contributed by atoms with Crippen LogP contribution in [0, 0.1) is 0 Å². The van der Waals surface area contributed by atoms with E-state index in [-0.39, 0.29) is 0 Å². The zero-order chi connectivity index (χ0) is 13.0. The van der Waals surface area contributed by atoms with E-state index in [0.717, 1.165) is 17.9 Å². The van der Waals surface area contributed by atoms with E-state index in [9.17, 15) is 0 Å². The second-order valence-corrected chi connectivity index (χ2v) is 5.52. The smallest absolute Gasteiger partial charge is 0.129 e. The van der Waals surface area contributed by atoms with Crippen LogP contribution in [0.2, 0.25) is 5.02 Å². The van der Waals surface area contributed by atoms with E-state index < -0.39 is 0 Å². The lowest BCUT2D eigenvalue weighted by Crippen LogP contribution is -2.37. The Balaban J connectivity index is 2.20. The molecule has 18 heavy (non-hydrogen) atoms. The summed E-state index contributed by atoms with van der Waals surface area (Å²) in [5, 5.41) is 0.661. The standard InChI is InChI=1S/C14H20Cl2N2/c1-2-18(12-6-4-3-5-7-12)14-8-11(9-15)13(16)10-17-14/h8,10,12H,2-7,9H2,1H3. The molecule has 100 valence electrons.